The van der Waals surface area contributed by atoms with E-state index in [0.29, 0.717) is 0 Å². The summed E-state index contributed by atoms with van der Waals surface area (Å²) in [6.45, 7) is 3.50. The van der Waals surface area contributed by atoms with Crippen molar-refractivity contribution < 1.29 is 18.9 Å². The molecule has 0 aliphatic rings. The van der Waals surface area contributed by atoms with E-state index in [1.165, 1.54) is 0 Å². The van der Waals surface area contributed by atoms with Crippen molar-refractivity contribution in [3.8, 4) is 0 Å². The fourth-order valence-corrected chi connectivity index (χ4v) is 2.21. The van der Waals surface area contributed by atoms with Gasteiger partial charge in [0, 0.05) is 22.6 Å². The van der Waals surface area contributed by atoms with Crippen molar-refractivity contribution in [2.75, 3.05) is 11.8 Å². The van der Waals surface area contributed by atoms with Gasteiger partial charge in [0.05, 0.1) is 6.10 Å². The van der Waals surface area contributed by atoms with Gasteiger partial charge >= 0.3 is 59.2 Å². The second-order valence-corrected chi connectivity index (χ2v) is 6.58. The molecule has 0 bridgehead atoms. The first-order valence-electron chi connectivity index (χ1n) is 4.62. The number of hydrogen-bond acceptors (Lipinski definition) is 2. The maximum atomic E-state index is 10.8. The van der Waals surface area contributed by atoms with Crippen LogP contribution in [0.3, 0.4) is 0 Å². The molecular weight excluding hydrogens is 337 g/mol. The minimum absolute atomic E-state index is 0. The molecule has 2 unspecified atom stereocenters. The van der Waals surface area contributed by atoms with Crippen molar-refractivity contribution in [2.24, 2.45) is 5.41 Å². The monoisotopic (exact) mass is 352 g/mol. The second-order valence-electron chi connectivity index (χ2n) is 4.19. The van der Waals surface area contributed by atoms with Crippen LogP contribution in [0.1, 0.15) is 20.3 Å². The predicted molar refractivity (Wildman–Crippen MR) is 73.5 cm³/mol. The van der Waals surface area contributed by atoms with Crippen LogP contribution in [0.25, 0.3) is 0 Å². The Morgan fingerprint density at radius 2 is 1.82 bits per heavy atom. The topological polar surface area (TPSA) is 66.8 Å². The Morgan fingerprint density at radius 3 is 2.12 bits per heavy atom. The van der Waals surface area contributed by atoms with Crippen LogP contribution in [-0.2, 0) is 9.09 Å². The Kier molecular flexibility index (Phi) is 12.3. The average molecular weight is 354 g/mol. The summed E-state index contributed by atoms with van der Waals surface area (Å²) in [6.07, 6.45) is -0.511. The summed E-state index contributed by atoms with van der Waals surface area (Å²) in [5.74, 6) is 0.379. The van der Waals surface area contributed by atoms with E-state index in [-0.39, 0.29) is 69.6 Å². The number of rotatable bonds is 7. The van der Waals surface area contributed by atoms with Crippen molar-refractivity contribution in [3.63, 3.8) is 0 Å². The molecular formula is C8H17Cl3KO4P. The van der Waals surface area contributed by atoms with Crippen molar-refractivity contribution in [3.05, 3.63) is 0 Å². The summed E-state index contributed by atoms with van der Waals surface area (Å²) < 4.78 is 15.5. The SMILES string of the molecule is CC(C)(CCl)C(CC(Cl)CCl)OP(=O)(O)O.[KH]. The Balaban J connectivity index is 0. The van der Waals surface area contributed by atoms with Crippen LogP contribution in [0, 0.1) is 5.41 Å². The molecule has 0 amide bonds. The molecule has 0 rings (SSSR count). The third-order valence-electron chi connectivity index (χ3n) is 2.12. The summed E-state index contributed by atoms with van der Waals surface area (Å²) in [4.78, 5) is 17.6. The van der Waals surface area contributed by atoms with Crippen molar-refractivity contribution in [1.82, 2.24) is 0 Å². The van der Waals surface area contributed by atoms with E-state index in [0.717, 1.165) is 0 Å². The van der Waals surface area contributed by atoms with Crippen LogP contribution in [0.15, 0.2) is 0 Å². The molecule has 0 heterocycles. The molecule has 0 saturated heterocycles. The zero-order valence-electron chi connectivity index (χ0n) is 9.07. The summed E-state index contributed by atoms with van der Waals surface area (Å²) in [5.41, 5.74) is -0.595. The molecule has 0 aromatic carbocycles. The first-order chi connectivity index (χ1) is 7.12. The third kappa shape index (κ3) is 10.0. The number of hydrogen-bond donors (Lipinski definition) is 2. The standard InChI is InChI=1S/C8H16Cl3O4P.K.H/c1-8(2,5-10)7(3-6(11)4-9)15-16(12,13)14;;/h6-7H,3-5H2,1-2H3,(H2,12,13,14);;. The number of alkyl halides is 3. The Morgan fingerprint density at radius 1 is 1.35 bits per heavy atom. The van der Waals surface area contributed by atoms with Crippen LogP contribution in [0.4, 0.5) is 0 Å². The molecule has 2 atom stereocenters. The fourth-order valence-electron chi connectivity index (χ4n) is 1.05. The van der Waals surface area contributed by atoms with E-state index < -0.39 is 24.7 Å². The molecule has 4 nitrogen and oxygen atoms in total. The summed E-state index contributed by atoms with van der Waals surface area (Å²) >= 11 is 17.1. The van der Waals surface area contributed by atoms with Crippen molar-refractivity contribution in [2.45, 2.75) is 31.7 Å². The van der Waals surface area contributed by atoms with E-state index >= 15 is 0 Å². The van der Waals surface area contributed by atoms with Gasteiger partial charge in [-0.15, -0.1) is 34.8 Å². The van der Waals surface area contributed by atoms with Crippen LogP contribution >= 0.6 is 42.6 Å². The first kappa shape index (κ1) is 21.9. The molecule has 2 N–H and O–H groups in total. The third-order valence-corrected chi connectivity index (χ3v) is 4.20. The van der Waals surface area contributed by atoms with Gasteiger partial charge in [-0.25, -0.2) is 4.57 Å². The van der Waals surface area contributed by atoms with Gasteiger partial charge in [0.1, 0.15) is 0 Å². The molecule has 0 spiro atoms. The van der Waals surface area contributed by atoms with Gasteiger partial charge < -0.3 is 9.79 Å². The summed E-state index contributed by atoms with van der Waals surface area (Å²) in [6, 6.07) is 0. The van der Waals surface area contributed by atoms with Crippen LogP contribution in [-0.4, -0.2) is 84.4 Å². The number of phosphoric acid groups is 1. The molecule has 0 aliphatic carbocycles. The van der Waals surface area contributed by atoms with Gasteiger partial charge in [-0.3, -0.25) is 4.52 Å². The molecule has 0 aliphatic heterocycles. The van der Waals surface area contributed by atoms with Crippen molar-refractivity contribution >= 4 is 94.0 Å². The van der Waals surface area contributed by atoms with E-state index in [1.807, 2.05) is 0 Å². The first-order valence-corrected chi connectivity index (χ1v) is 7.66. The summed E-state index contributed by atoms with van der Waals surface area (Å²) in [5, 5.41) is -0.416. The van der Waals surface area contributed by atoms with Crippen LogP contribution in [0.5, 0.6) is 0 Å². The molecule has 0 radical (unpaired) electrons. The summed E-state index contributed by atoms with van der Waals surface area (Å²) in [7, 11) is -4.56. The minimum atomic E-state index is -4.56. The molecule has 0 saturated carbocycles. The fraction of sp³-hybridized carbons (Fsp3) is 1.00. The molecule has 100 valence electrons. The normalized spacial score (nSPS) is 16.2. The van der Waals surface area contributed by atoms with Gasteiger partial charge in [-0.1, -0.05) is 13.8 Å². The quantitative estimate of drug-likeness (QED) is 0.419. The van der Waals surface area contributed by atoms with Gasteiger partial charge in [-0.05, 0) is 6.42 Å². The Bertz CT molecular complexity index is 261. The molecule has 0 aromatic heterocycles. The zero-order chi connectivity index (χ0) is 13.0. The van der Waals surface area contributed by atoms with Crippen LogP contribution < -0.4 is 0 Å². The zero-order valence-corrected chi connectivity index (χ0v) is 12.2. The Hall–Kier alpha value is 2.62. The maximum absolute atomic E-state index is 10.8. The molecule has 0 aromatic rings. The van der Waals surface area contributed by atoms with Gasteiger partial charge in [0.25, 0.3) is 0 Å². The molecule has 9 heteroatoms. The second kappa shape index (κ2) is 9.53. The van der Waals surface area contributed by atoms with Crippen LogP contribution in [0.2, 0.25) is 0 Å². The van der Waals surface area contributed by atoms with Gasteiger partial charge in [-0.2, -0.15) is 0 Å². The number of phosphoric ester groups is 1. The van der Waals surface area contributed by atoms with E-state index in [4.69, 9.17) is 49.1 Å². The predicted octanol–water partition coefficient (Wildman–Crippen LogP) is 2.32. The number of halogens is 3. The average Bonchev–Trinajstić information content (AvgIpc) is 2.14. The molecule has 17 heavy (non-hydrogen) atoms. The Labute approximate surface area is 159 Å². The van der Waals surface area contributed by atoms with Crippen molar-refractivity contribution in [1.29, 1.82) is 0 Å². The van der Waals surface area contributed by atoms with E-state index in [2.05, 4.69) is 0 Å². The van der Waals surface area contributed by atoms with Gasteiger partial charge in [0.15, 0.2) is 0 Å². The van der Waals surface area contributed by atoms with Gasteiger partial charge in [0.2, 0.25) is 0 Å². The van der Waals surface area contributed by atoms with E-state index in [9.17, 15) is 4.57 Å². The van der Waals surface area contributed by atoms with E-state index in [1.54, 1.807) is 13.8 Å². The molecule has 0 fully saturated rings.